The Morgan fingerprint density at radius 1 is 1.03 bits per heavy atom. The van der Waals surface area contributed by atoms with Crippen LogP contribution in [-0.2, 0) is 22.6 Å². The number of rotatable bonds is 8. The van der Waals surface area contributed by atoms with Gasteiger partial charge >= 0.3 is 12.0 Å². The van der Waals surface area contributed by atoms with Gasteiger partial charge in [0.1, 0.15) is 12.2 Å². The van der Waals surface area contributed by atoms with Gasteiger partial charge in [-0.2, -0.15) is 0 Å². The molecule has 0 unspecified atom stereocenters. The second-order valence-electron chi connectivity index (χ2n) is 8.30. The summed E-state index contributed by atoms with van der Waals surface area (Å²) >= 11 is 6.45. The van der Waals surface area contributed by atoms with E-state index in [1.807, 2.05) is 6.92 Å². The van der Waals surface area contributed by atoms with Crippen LogP contribution in [0.2, 0.25) is 5.02 Å². The van der Waals surface area contributed by atoms with Gasteiger partial charge in [0, 0.05) is 0 Å². The molecule has 4 rings (SSSR count). The monoisotopic (exact) mass is 534 g/mol. The van der Waals surface area contributed by atoms with Gasteiger partial charge in [-0.25, -0.2) is 14.5 Å². The zero-order valence-electron chi connectivity index (χ0n) is 20.5. The Hall–Kier alpha value is -4.63. The summed E-state index contributed by atoms with van der Waals surface area (Å²) < 4.78 is 11.2. The molecule has 0 aromatic heterocycles. The molecule has 1 aliphatic rings. The Morgan fingerprint density at radius 3 is 2.29 bits per heavy atom. The summed E-state index contributed by atoms with van der Waals surface area (Å²) in [6.45, 7) is 2.08. The first-order valence-electron chi connectivity index (χ1n) is 11.5. The van der Waals surface area contributed by atoms with Gasteiger partial charge in [0.05, 0.1) is 23.4 Å². The summed E-state index contributed by atoms with van der Waals surface area (Å²) in [7, 11) is 1.41. The van der Waals surface area contributed by atoms with E-state index in [2.05, 4.69) is 5.32 Å². The molecule has 1 heterocycles. The van der Waals surface area contributed by atoms with Gasteiger partial charge in [0.25, 0.3) is 11.8 Å². The molecule has 0 atom stereocenters. The first kappa shape index (κ1) is 26.4. The molecule has 2 N–H and O–H groups in total. The molecule has 1 fully saturated rings. The number of aromatic carboxylic acids is 1. The number of hydrogen-bond acceptors (Lipinski definition) is 6. The molecule has 0 radical (unpaired) electrons. The molecule has 3 aromatic carbocycles. The van der Waals surface area contributed by atoms with Crippen LogP contribution >= 0.6 is 11.6 Å². The zero-order chi connectivity index (χ0) is 27.4. The molecule has 1 aliphatic heterocycles. The first-order chi connectivity index (χ1) is 18.2. The van der Waals surface area contributed by atoms with Crippen molar-refractivity contribution in [1.82, 2.24) is 5.32 Å². The molecule has 0 spiro atoms. The largest absolute Gasteiger partial charge is 0.493 e. The molecule has 4 amide bonds. The molecular weight excluding hydrogens is 512 g/mol. The van der Waals surface area contributed by atoms with Gasteiger partial charge in [0.15, 0.2) is 11.5 Å². The van der Waals surface area contributed by atoms with Crippen LogP contribution in [0.3, 0.4) is 0 Å². The number of aryl methyl sites for hydroxylation is 1. The number of urea groups is 1. The smallest absolute Gasteiger partial charge is 0.335 e. The van der Waals surface area contributed by atoms with E-state index in [0.717, 1.165) is 16.9 Å². The lowest BCUT2D eigenvalue weighted by Gasteiger charge is -2.26. The normalized spacial score (nSPS) is 14.4. The van der Waals surface area contributed by atoms with Crippen molar-refractivity contribution in [3.8, 4) is 11.5 Å². The van der Waals surface area contributed by atoms with Crippen LogP contribution in [0, 0.1) is 0 Å². The maximum Gasteiger partial charge on any atom is 0.335 e. The number of carbonyl (C=O) groups is 4. The number of nitrogens with one attached hydrogen (secondary N) is 1. The van der Waals surface area contributed by atoms with Crippen molar-refractivity contribution in [3.63, 3.8) is 0 Å². The van der Waals surface area contributed by atoms with Gasteiger partial charge in [-0.3, -0.25) is 14.9 Å². The lowest BCUT2D eigenvalue weighted by atomic mass is 10.1. The van der Waals surface area contributed by atoms with Crippen LogP contribution in [0.25, 0.3) is 6.08 Å². The summed E-state index contributed by atoms with van der Waals surface area (Å²) in [6, 6.07) is 15.3. The number of methoxy groups -OCH3 is 1. The number of halogens is 1. The van der Waals surface area contributed by atoms with Crippen molar-refractivity contribution in [2.75, 3.05) is 12.0 Å². The standard InChI is InChI=1S/C28H23ClN2O7/c1-3-16-6-10-20(11-7-16)31-26(33)21(25(32)30-28(31)36)12-18-13-22(29)24(23(14-18)37-2)38-15-17-4-8-19(9-5-17)27(34)35/h4-14H,3,15H2,1-2H3,(H,34,35)(H,30,32,36)/b21-12-. The minimum absolute atomic E-state index is 0.0885. The molecule has 3 aromatic rings. The minimum Gasteiger partial charge on any atom is -0.493 e. The number of imide groups is 2. The highest BCUT2D eigenvalue weighted by Crippen LogP contribution is 2.38. The van der Waals surface area contributed by atoms with Crippen molar-refractivity contribution in [3.05, 3.63) is 93.5 Å². The number of benzene rings is 3. The van der Waals surface area contributed by atoms with Gasteiger partial charge in [-0.15, -0.1) is 0 Å². The third kappa shape index (κ3) is 5.52. The molecule has 38 heavy (non-hydrogen) atoms. The summed E-state index contributed by atoms with van der Waals surface area (Å²) in [5, 5.41) is 11.4. The SMILES string of the molecule is CCc1ccc(N2C(=O)NC(=O)/C(=C/c3cc(Cl)c(OCc4ccc(C(=O)O)cc4)c(OC)c3)C2=O)cc1. The van der Waals surface area contributed by atoms with E-state index < -0.39 is 23.8 Å². The van der Waals surface area contributed by atoms with Gasteiger partial charge in [-0.05, 0) is 65.6 Å². The van der Waals surface area contributed by atoms with Crippen molar-refractivity contribution in [1.29, 1.82) is 0 Å². The third-order valence-electron chi connectivity index (χ3n) is 5.85. The Kier molecular flexibility index (Phi) is 7.78. The van der Waals surface area contributed by atoms with Gasteiger partial charge in [0.2, 0.25) is 0 Å². The van der Waals surface area contributed by atoms with E-state index in [-0.39, 0.29) is 34.3 Å². The average molecular weight is 535 g/mol. The van der Waals surface area contributed by atoms with Crippen LogP contribution in [-0.4, -0.2) is 36.0 Å². The Balaban J connectivity index is 1.59. The molecule has 10 heteroatoms. The minimum atomic E-state index is -1.03. The molecule has 1 saturated heterocycles. The Morgan fingerprint density at radius 2 is 1.68 bits per heavy atom. The fourth-order valence-electron chi connectivity index (χ4n) is 3.80. The van der Waals surface area contributed by atoms with Crippen molar-refractivity contribution in [2.45, 2.75) is 20.0 Å². The van der Waals surface area contributed by atoms with E-state index in [4.69, 9.17) is 26.2 Å². The van der Waals surface area contributed by atoms with Crippen LogP contribution in [0.1, 0.15) is 34.0 Å². The van der Waals surface area contributed by atoms with Gasteiger partial charge < -0.3 is 14.6 Å². The topological polar surface area (TPSA) is 122 Å². The van der Waals surface area contributed by atoms with E-state index in [0.29, 0.717) is 16.8 Å². The average Bonchev–Trinajstić information content (AvgIpc) is 2.90. The Labute approximate surface area is 223 Å². The highest BCUT2D eigenvalue weighted by atomic mass is 35.5. The number of amides is 4. The second kappa shape index (κ2) is 11.2. The summed E-state index contributed by atoms with van der Waals surface area (Å²) in [5.74, 6) is -2.16. The van der Waals surface area contributed by atoms with Crippen molar-refractivity contribution >= 4 is 47.2 Å². The van der Waals surface area contributed by atoms with Crippen LogP contribution in [0.5, 0.6) is 11.5 Å². The summed E-state index contributed by atoms with van der Waals surface area (Å²) in [4.78, 5) is 50.1. The number of carboxylic acid groups (broad SMARTS) is 1. The molecular formula is C28H23ClN2O7. The van der Waals surface area contributed by atoms with Crippen molar-refractivity contribution in [2.24, 2.45) is 0 Å². The summed E-state index contributed by atoms with van der Waals surface area (Å²) in [5.41, 5.74) is 2.35. The van der Waals surface area contributed by atoms with E-state index >= 15 is 0 Å². The molecule has 194 valence electrons. The lowest BCUT2D eigenvalue weighted by molar-refractivity contribution is -0.122. The van der Waals surface area contributed by atoms with Crippen molar-refractivity contribution < 1.29 is 33.8 Å². The second-order valence-corrected chi connectivity index (χ2v) is 8.71. The summed E-state index contributed by atoms with van der Waals surface area (Å²) in [6.07, 6.45) is 2.11. The molecule has 9 nitrogen and oxygen atoms in total. The molecule has 0 bridgehead atoms. The van der Waals surface area contributed by atoms with E-state index in [1.165, 1.54) is 31.4 Å². The number of nitrogens with zero attached hydrogens (tertiary/aromatic N) is 1. The highest BCUT2D eigenvalue weighted by Gasteiger charge is 2.36. The van der Waals surface area contributed by atoms with Crippen LogP contribution in [0.15, 0.2) is 66.2 Å². The Bertz CT molecular complexity index is 1450. The number of anilines is 1. The lowest BCUT2D eigenvalue weighted by Crippen LogP contribution is -2.54. The number of barbiturate groups is 1. The fourth-order valence-corrected chi connectivity index (χ4v) is 4.08. The zero-order valence-corrected chi connectivity index (χ0v) is 21.2. The highest BCUT2D eigenvalue weighted by molar-refractivity contribution is 6.39. The molecule has 0 aliphatic carbocycles. The van der Waals surface area contributed by atoms with Crippen LogP contribution < -0.4 is 19.7 Å². The third-order valence-corrected chi connectivity index (χ3v) is 6.13. The predicted octanol–water partition coefficient (Wildman–Crippen LogP) is 4.85. The van der Waals surface area contributed by atoms with E-state index in [9.17, 15) is 19.2 Å². The number of carbonyl (C=O) groups excluding carboxylic acids is 3. The quantitative estimate of drug-likeness (QED) is 0.313. The molecule has 0 saturated carbocycles. The number of carboxylic acids is 1. The van der Waals surface area contributed by atoms with Gasteiger partial charge in [-0.1, -0.05) is 42.8 Å². The van der Waals surface area contributed by atoms with E-state index in [1.54, 1.807) is 42.5 Å². The van der Waals surface area contributed by atoms with Crippen LogP contribution in [0.4, 0.5) is 10.5 Å². The predicted molar refractivity (Wildman–Crippen MR) is 141 cm³/mol. The maximum atomic E-state index is 13.2. The number of hydrogen-bond donors (Lipinski definition) is 2. The first-order valence-corrected chi connectivity index (χ1v) is 11.9. The fraction of sp³-hybridized carbons (Fsp3) is 0.143. The number of ether oxygens (including phenoxy) is 2. The maximum absolute atomic E-state index is 13.2.